The van der Waals surface area contributed by atoms with Crippen molar-refractivity contribution < 1.29 is 14.2 Å². The number of hydrogen-bond acceptors (Lipinski definition) is 3. The topological polar surface area (TPSA) is 57.1 Å². The minimum atomic E-state index is -0.943. The molecule has 1 aliphatic heterocycles. The zero-order chi connectivity index (χ0) is 17.4. The Kier molecular flexibility index (Phi) is 10.3. The van der Waals surface area contributed by atoms with Crippen LogP contribution in [0.1, 0.15) is 31.9 Å². The zero-order valence-electron chi connectivity index (χ0n) is 14.9. The third kappa shape index (κ3) is 6.71. The van der Waals surface area contributed by atoms with Crippen LogP contribution in [0, 0.1) is 11.7 Å². The first-order chi connectivity index (χ1) is 11.7. The number of rotatable bonds is 7. The lowest BCUT2D eigenvalue weighted by atomic mass is 10.1. The van der Waals surface area contributed by atoms with Crippen LogP contribution in [0.4, 0.5) is 4.39 Å². The number of hydrogen-bond donors (Lipinski definition) is 2. The summed E-state index contributed by atoms with van der Waals surface area (Å²) in [6, 6.07) is 6.28. The van der Waals surface area contributed by atoms with E-state index >= 15 is 0 Å². The molecule has 0 aromatic heterocycles. The van der Waals surface area contributed by atoms with Crippen molar-refractivity contribution in [2.45, 2.75) is 26.4 Å². The van der Waals surface area contributed by atoms with Gasteiger partial charge in [-0.1, -0.05) is 18.2 Å². The Balaban J connectivity index is 0.00000312. The second kappa shape index (κ2) is 11.6. The summed E-state index contributed by atoms with van der Waals surface area (Å²) in [5, 5.41) is 13.5. The van der Waals surface area contributed by atoms with Gasteiger partial charge in [0.25, 0.3) is 0 Å². The summed E-state index contributed by atoms with van der Waals surface area (Å²) in [5.74, 6) is 0.875. The van der Waals surface area contributed by atoms with Crippen molar-refractivity contribution in [3.8, 4) is 0 Å². The van der Waals surface area contributed by atoms with Gasteiger partial charge >= 0.3 is 0 Å². The molecule has 2 atom stereocenters. The molecule has 2 unspecified atom stereocenters. The van der Waals surface area contributed by atoms with E-state index in [9.17, 15) is 9.50 Å². The first-order valence-corrected chi connectivity index (χ1v) is 8.69. The first kappa shape index (κ1) is 22.1. The first-order valence-electron chi connectivity index (χ1n) is 8.69. The highest BCUT2D eigenvalue weighted by atomic mass is 127. The Morgan fingerprint density at radius 3 is 2.88 bits per heavy atom. The summed E-state index contributed by atoms with van der Waals surface area (Å²) < 4.78 is 19.2. The van der Waals surface area contributed by atoms with Crippen molar-refractivity contribution in [3.63, 3.8) is 0 Å². The van der Waals surface area contributed by atoms with Crippen LogP contribution in [0.15, 0.2) is 29.3 Å². The highest BCUT2D eigenvalue weighted by Gasteiger charge is 2.25. The molecule has 5 nitrogen and oxygen atoms in total. The van der Waals surface area contributed by atoms with E-state index in [0.29, 0.717) is 5.92 Å². The molecule has 0 bridgehead atoms. The Morgan fingerprint density at radius 2 is 2.20 bits per heavy atom. The van der Waals surface area contributed by atoms with Crippen molar-refractivity contribution in [3.05, 3.63) is 35.6 Å². The lowest BCUT2D eigenvalue weighted by Gasteiger charge is -2.22. The predicted molar refractivity (Wildman–Crippen MR) is 109 cm³/mol. The fraction of sp³-hybridized carbons (Fsp3) is 0.611. The third-order valence-corrected chi connectivity index (χ3v) is 4.16. The van der Waals surface area contributed by atoms with E-state index in [1.165, 1.54) is 6.07 Å². The van der Waals surface area contributed by atoms with Gasteiger partial charge in [0.15, 0.2) is 5.96 Å². The summed E-state index contributed by atoms with van der Waals surface area (Å²) in [7, 11) is 0. The molecule has 1 fully saturated rings. The van der Waals surface area contributed by atoms with Crippen LogP contribution >= 0.6 is 24.0 Å². The number of halogens is 2. The van der Waals surface area contributed by atoms with Gasteiger partial charge in [-0.25, -0.2) is 4.39 Å². The van der Waals surface area contributed by atoms with E-state index in [1.54, 1.807) is 18.2 Å². The van der Waals surface area contributed by atoms with Crippen molar-refractivity contribution in [1.82, 2.24) is 10.2 Å². The van der Waals surface area contributed by atoms with Crippen molar-refractivity contribution in [1.29, 1.82) is 0 Å². The number of benzene rings is 1. The molecule has 25 heavy (non-hydrogen) atoms. The van der Waals surface area contributed by atoms with Crippen molar-refractivity contribution in [2.75, 3.05) is 39.4 Å². The van der Waals surface area contributed by atoms with E-state index in [0.717, 1.165) is 45.2 Å². The molecule has 1 aliphatic rings. The Morgan fingerprint density at radius 1 is 1.44 bits per heavy atom. The second-order valence-corrected chi connectivity index (χ2v) is 5.99. The van der Waals surface area contributed by atoms with E-state index in [2.05, 4.69) is 15.2 Å². The molecule has 0 saturated carbocycles. The molecule has 1 aromatic carbocycles. The van der Waals surface area contributed by atoms with Crippen molar-refractivity contribution >= 4 is 29.9 Å². The summed E-state index contributed by atoms with van der Waals surface area (Å²) in [6.45, 7) is 8.21. The minimum Gasteiger partial charge on any atom is -0.386 e. The van der Waals surface area contributed by atoms with E-state index in [-0.39, 0.29) is 36.1 Å². The fourth-order valence-corrected chi connectivity index (χ4v) is 2.89. The summed E-state index contributed by atoms with van der Waals surface area (Å²) in [6.07, 6.45) is 0.127. The molecule has 0 radical (unpaired) electrons. The maximum Gasteiger partial charge on any atom is 0.194 e. The van der Waals surface area contributed by atoms with Gasteiger partial charge < -0.3 is 20.1 Å². The SMILES string of the molecule is CCNC(=NCC(O)c1ccccc1F)N1CCC(COCC)C1.I. The summed E-state index contributed by atoms with van der Waals surface area (Å²) in [4.78, 5) is 6.68. The number of guanidine groups is 1. The van der Waals surface area contributed by atoms with Gasteiger partial charge in [0.1, 0.15) is 11.9 Å². The molecule has 1 saturated heterocycles. The molecular formula is C18H29FIN3O2. The van der Waals surface area contributed by atoms with Gasteiger partial charge in [0.05, 0.1) is 13.2 Å². The number of aliphatic hydroxyl groups excluding tert-OH is 1. The Hall–Kier alpha value is -0.930. The van der Waals surface area contributed by atoms with Crippen LogP contribution in [0.2, 0.25) is 0 Å². The minimum absolute atomic E-state index is 0. The largest absolute Gasteiger partial charge is 0.386 e. The maximum atomic E-state index is 13.7. The Bertz CT molecular complexity index is 545. The average molecular weight is 465 g/mol. The molecule has 0 aliphatic carbocycles. The van der Waals surface area contributed by atoms with Crippen molar-refractivity contribution in [2.24, 2.45) is 10.9 Å². The van der Waals surface area contributed by atoms with Crippen LogP contribution in [-0.2, 0) is 4.74 Å². The molecule has 2 rings (SSSR count). The molecule has 1 heterocycles. The molecule has 0 amide bonds. The Labute approximate surface area is 166 Å². The smallest absolute Gasteiger partial charge is 0.194 e. The van der Waals surface area contributed by atoms with Crippen LogP contribution in [0.3, 0.4) is 0 Å². The summed E-state index contributed by atoms with van der Waals surface area (Å²) in [5.41, 5.74) is 0.285. The normalized spacial score (nSPS) is 18.8. The van der Waals surface area contributed by atoms with Gasteiger partial charge in [-0.05, 0) is 26.3 Å². The fourth-order valence-electron chi connectivity index (χ4n) is 2.89. The van der Waals surface area contributed by atoms with E-state index in [4.69, 9.17) is 4.74 Å². The highest BCUT2D eigenvalue weighted by Crippen LogP contribution is 2.19. The summed E-state index contributed by atoms with van der Waals surface area (Å²) >= 11 is 0. The van der Waals surface area contributed by atoms with E-state index < -0.39 is 11.9 Å². The van der Waals surface area contributed by atoms with Crippen LogP contribution in [0.25, 0.3) is 0 Å². The number of ether oxygens (including phenoxy) is 1. The lowest BCUT2D eigenvalue weighted by molar-refractivity contribution is 0.114. The number of aliphatic imine (C=N–C) groups is 1. The van der Waals surface area contributed by atoms with Gasteiger partial charge in [-0.3, -0.25) is 4.99 Å². The second-order valence-electron chi connectivity index (χ2n) is 5.99. The standard InChI is InChI=1S/C18H28FN3O2.HI/c1-3-20-18(22-10-9-14(12-22)13-24-4-2)21-11-17(23)15-7-5-6-8-16(15)19;/h5-8,14,17,23H,3-4,9-13H2,1-2H3,(H,20,21);1H. The maximum absolute atomic E-state index is 13.7. The van der Waals surface area contributed by atoms with Gasteiger partial charge in [0.2, 0.25) is 0 Å². The zero-order valence-corrected chi connectivity index (χ0v) is 17.3. The van der Waals surface area contributed by atoms with E-state index in [1.807, 2.05) is 13.8 Å². The van der Waals surface area contributed by atoms with Gasteiger partial charge in [-0.2, -0.15) is 0 Å². The van der Waals surface area contributed by atoms with Gasteiger partial charge in [-0.15, -0.1) is 24.0 Å². The van der Waals surface area contributed by atoms with Crippen LogP contribution in [0.5, 0.6) is 0 Å². The molecule has 7 heteroatoms. The number of likely N-dealkylation sites (tertiary alicyclic amines) is 1. The monoisotopic (exact) mass is 465 g/mol. The quantitative estimate of drug-likeness (QED) is 0.370. The van der Waals surface area contributed by atoms with Crippen LogP contribution in [-0.4, -0.2) is 55.4 Å². The lowest BCUT2D eigenvalue weighted by Crippen LogP contribution is -2.40. The molecule has 142 valence electrons. The number of aliphatic hydroxyl groups is 1. The molecule has 2 N–H and O–H groups in total. The number of nitrogens with one attached hydrogen (secondary N) is 1. The third-order valence-electron chi connectivity index (χ3n) is 4.16. The molecule has 1 aromatic rings. The highest BCUT2D eigenvalue weighted by molar-refractivity contribution is 14.0. The predicted octanol–water partition coefficient (Wildman–Crippen LogP) is 2.80. The average Bonchev–Trinajstić information content (AvgIpc) is 3.05. The van der Waals surface area contributed by atoms with Gasteiger partial charge in [0, 0.05) is 37.7 Å². The van der Waals surface area contributed by atoms with Crippen LogP contribution < -0.4 is 5.32 Å². The molecule has 0 spiro atoms. The molecular weight excluding hydrogens is 436 g/mol. The number of nitrogens with zero attached hydrogens (tertiary/aromatic N) is 2.